The van der Waals surface area contributed by atoms with Gasteiger partial charge >= 0.3 is 0 Å². The van der Waals surface area contributed by atoms with Crippen molar-refractivity contribution in [1.82, 2.24) is 0 Å². The van der Waals surface area contributed by atoms with Crippen molar-refractivity contribution in [3.8, 4) is 0 Å². The molecule has 3 nitrogen and oxygen atoms in total. The van der Waals surface area contributed by atoms with Crippen LogP contribution in [-0.4, -0.2) is 25.4 Å². The predicted molar refractivity (Wildman–Crippen MR) is 79.5 cm³/mol. The van der Waals surface area contributed by atoms with Crippen LogP contribution < -0.4 is 5.73 Å². The fourth-order valence-electron chi connectivity index (χ4n) is 3.55. The van der Waals surface area contributed by atoms with Gasteiger partial charge in [0.25, 0.3) is 0 Å². The summed E-state index contributed by atoms with van der Waals surface area (Å²) in [6.07, 6.45) is 3.78. The Morgan fingerprint density at radius 2 is 2.05 bits per heavy atom. The molecule has 0 saturated carbocycles. The van der Waals surface area contributed by atoms with Gasteiger partial charge in [0.2, 0.25) is 0 Å². The van der Waals surface area contributed by atoms with Gasteiger partial charge in [0.05, 0.1) is 5.60 Å². The highest BCUT2D eigenvalue weighted by molar-refractivity contribution is 5.26. The molecule has 2 aliphatic rings. The molecule has 1 spiro atoms. The third kappa shape index (κ3) is 3.12. The average molecular weight is 293 g/mol. The van der Waals surface area contributed by atoms with Gasteiger partial charge in [-0.2, -0.15) is 0 Å². The van der Waals surface area contributed by atoms with E-state index in [1.165, 1.54) is 0 Å². The molecule has 1 aromatic rings. The van der Waals surface area contributed by atoms with Crippen LogP contribution in [0.2, 0.25) is 0 Å². The largest absolute Gasteiger partial charge is 0.381 e. The van der Waals surface area contributed by atoms with Crippen LogP contribution in [0.25, 0.3) is 0 Å². The summed E-state index contributed by atoms with van der Waals surface area (Å²) >= 11 is 0. The molecule has 2 atom stereocenters. The van der Waals surface area contributed by atoms with Gasteiger partial charge in [0.15, 0.2) is 0 Å². The first-order valence-corrected chi connectivity index (χ1v) is 7.83. The summed E-state index contributed by atoms with van der Waals surface area (Å²) < 4.78 is 25.3. The Bertz CT molecular complexity index is 494. The van der Waals surface area contributed by atoms with E-state index in [1.54, 1.807) is 13.0 Å². The molecule has 116 valence electrons. The summed E-state index contributed by atoms with van der Waals surface area (Å²) in [6.45, 7) is 4.05. The molecular formula is C17H24FNO2. The van der Waals surface area contributed by atoms with Gasteiger partial charge in [0, 0.05) is 25.9 Å². The summed E-state index contributed by atoms with van der Waals surface area (Å²) in [5.41, 5.74) is 7.92. The molecule has 3 rings (SSSR count). The molecule has 21 heavy (non-hydrogen) atoms. The van der Waals surface area contributed by atoms with Crippen LogP contribution in [-0.2, 0) is 9.47 Å². The van der Waals surface area contributed by atoms with E-state index in [2.05, 4.69) is 0 Å². The quantitative estimate of drug-likeness (QED) is 0.911. The van der Waals surface area contributed by atoms with E-state index in [4.69, 9.17) is 15.2 Å². The number of ether oxygens (including phenoxy) is 2. The standard InChI is InChI=1S/C17H24FNO2/c1-12-2-3-13(10-15(12)18)16(19)14-4-7-21-17(11-14)5-8-20-9-6-17/h2-3,10,14,16H,4-9,11,19H2,1H3. The molecule has 2 saturated heterocycles. The van der Waals surface area contributed by atoms with Gasteiger partial charge in [-0.05, 0) is 55.7 Å². The highest BCUT2D eigenvalue weighted by Gasteiger charge is 2.40. The van der Waals surface area contributed by atoms with Gasteiger partial charge in [-0.25, -0.2) is 4.39 Å². The highest BCUT2D eigenvalue weighted by Crippen LogP contribution is 2.41. The number of hydrogen-bond donors (Lipinski definition) is 1. The van der Waals surface area contributed by atoms with Crippen LogP contribution in [0.4, 0.5) is 4.39 Å². The molecule has 2 unspecified atom stereocenters. The zero-order valence-electron chi connectivity index (χ0n) is 12.6. The van der Waals surface area contributed by atoms with E-state index in [0.717, 1.165) is 51.1 Å². The number of benzene rings is 1. The molecule has 4 heteroatoms. The number of nitrogens with two attached hydrogens (primary N) is 1. The average Bonchev–Trinajstić information content (AvgIpc) is 2.50. The monoisotopic (exact) mass is 293 g/mol. The van der Waals surface area contributed by atoms with Crippen LogP contribution in [0.1, 0.15) is 42.9 Å². The van der Waals surface area contributed by atoms with Crippen molar-refractivity contribution < 1.29 is 13.9 Å². The minimum atomic E-state index is -0.171. The molecule has 2 fully saturated rings. The lowest BCUT2D eigenvalue weighted by Crippen LogP contribution is -2.46. The molecule has 0 radical (unpaired) electrons. The predicted octanol–water partition coefficient (Wildman–Crippen LogP) is 3.11. The summed E-state index contributed by atoms with van der Waals surface area (Å²) in [5.74, 6) is 0.176. The van der Waals surface area contributed by atoms with Crippen molar-refractivity contribution in [2.75, 3.05) is 19.8 Å². The molecule has 2 heterocycles. The highest BCUT2D eigenvalue weighted by atomic mass is 19.1. The zero-order valence-corrected chi connectivity index (χ0v) is 12.6. The number of aryl methyl sites for hydroxylation is 1. The lowest BCUT2D eigenvalue weighted by molar-refractivity contribution is -0.149. The Morgan fingerprint density at radius 1 is 1.29 bits per heavy atom. The Labute approximate surface area is 125 Å². The van der Waals surface area contributed by atoms with Gasteiger partial charge < -0.3 is 15.2 Å². The number of rotatable bonds is 2. The maximum Gasteiger partial charge on any atom is 0.126 e. The van der Waals surface area contributed by atoms with E-state index >= 15 is 0 Å². The van der Waals surface area contributed by atoms with Gasteiger partial charge in [-0.15, -0.1) is 0 Å². The van der Waals surface area contributed by atoms with E-state index in [9.17, 15) is 4.39 Å². The maximum absolute atomic E-state index is 13.8. The Morgan fingerprint density at radius 3 is 2.76 bits per heavy atom. The van der Waals surface area contributed by atoms with E-state index in [1.807, 2.05) is 12.1 Å². The first-order chi connectivity index (χ1) is 10.1. The first kappa shape index (κ1) is 14.9. The Hall–Kier alpha value is -0.970. The second-order valence-corrected chi connectivity index (χ2v) is 6.43. The lowest BCUT2D eigenvalue weighted by Gasteiger charge is -2.44. The van der Waals surface area contributed by atoms with Crippen molar-refractivity contribution in [3.05, 3.63) is 35.1 Å². The van der Waals surface area contributed by atoms with Crippen molar-refractivity contribution in [2.45, 2.75) is 44.2 Å². The van der Waals surface area contributed by atoms with Crippen molar-refractivity contribution >= 4 is 0 Å². The second-order valence-electron chi connectivity index (χ2n) is 6.43. The third-order valence-electron chi connectivity index (χ3n) is 5.02. The third-order valence-corrected chi connectivity index (χ3v) is 5.02. The minimum absolute atomic E-state index is 0.0674. The molecule has 0 aromatic heterocycles. The topological polar surface area (TPSA) is 44.5 Å². The smallest absolute Gasteiger partial charge is 0.126 e. The fourth-order valence-corrected chi connectivity index (χ4v) is 3.55. The molecule has 2 aliphatic heterocycles. The molecule has 1 aromatic carbocycles. The zero-order chi connectivity index (χ0) is 14.9. The van der Waals surface area contributed by atoms with Gasteiger partial charge in [-0.3, -0.25) is 0 Å². The molecule has 0 amide bonds. The number of halogens is 1. The Kier molecular flexibility index (Phi) is 4.29. The fraction of sp³-hybridized carbons (Fsp3) is 0.647. The van der Waals surface area contributed by atoms with Crippen LogP contribution in [0, 0.1) is 18.7 Å². The summed E-state index contributed by atoms with van der Waals surface area (Å²) in [6, 6.07) is 5.23. The summed E-state index contributed by atoms with van der Waals surface area (Å²) in [5, 5.41) is 0. The van der Waals surface area contributed by atoms with Crippen molar-refractivity contribution in [1.29, 1.82) is 0 Å². The summed E-state index contributed by atoms with van der Waals surface area (Å²) in [7, 11) is 0. The van der Waals surface area contributed by atoms with Gasteiger partial charge in [0.1, 0.15) is 5.82 Å². The summed E-state index contributed by atoms with van der Waals surface area (Å²) in [4.78, 5) is 0. The first-order valence-electron chi connectivity index (χ1n) is 7.83. The van der Waals surface area contributed by atoms with Crippen LogP contribution in [0.5, 0.6) is 0 Å². The van der Waals surface area contributed by atoms with E-state index < -0.39 is 0 Å². The normalized spacial score (nSPS) is 26.7. The molecule has 2 N–H and O–H groups in total. The molecule has 0 bridgehead atoms. The van der Waals surface area contributed by atoms with Crippen LogP contribution in [0.3, 0.4) is 0 Å². The van der Waals surface area contributed by atoms with Crippen LogP contribution >= 0.6 is 0 Å². The van der Waals surface area contributed by atoms with E-state index in [0.29, 0.717) is 11.5 Å². The van der Waals surface area contributed by atoms with Gasteiger partial charge in [-0.1, -0.05) is 12.1 Å². The van der Waals surface area contributed by atoms with Crippen molar-refractivity contribution in [3.63, 3.8) is 0 Å². The second kappa shape index (κ2) is 6.03. The minimum Gasteiger partial charge on any atom is -0.381 e. The Balaban J connectivity index is 1.74. The maximum atomic E-state index is 13.8. The SMILES string of the molecule is Cc1ccc(C(N)C2CCOC3(CCOCC3)C2)cc1F. The lowest BCUT2D eigenvalue weighted by atomic mass is 9.76. The van der Waals surface area contributed by atoms with Crippen molar-refractivity contribution in [2.24, 2.45) is 11.7 Å². The molecule has 0 aliphatic carbocycles. The van der Waals surface area contributed by atoms with E-state index in [-0.39, 0.29) is 17.5 Å². The van der Waals surface area contributed by atoms with Crippen LogP contribution in [0.15, 0.2) is 18.2 Å². The number of hydrogen-bond acceptors (Lipinski definition) is 3. The molecular weight excluding hydrogens is 269 g/mol.